The average molecular weight is 115 g/mol. The topological polar surface area (TPSA) is 69.9 Å². The molecule has 8 heavy (non-hydrogen) atoms. The Kier molecular flexibility index (Phi) is 2.33. The van der Waals surface area contributed by atoms with Gasteiger partial charge in [-0.3, -0.25) is 4.79 Å². The monoisotopic (exact) mass is 115 g/mol. The number of allylic oxidation sites excluding steroid dienone is 1. The number of nitrogens with zero attached hydrogens (tertiary/aromatic N) is 1. The van der Waals surface area contributed by atoms with E-state index >= 15 is 0 Å². The molecule has 0 amide bonds. The molecule has 0 radical (unpaired) electrons. The van der Waals surface area contributed by atoms with E-state index in [1.165, 1.54) is 0 Å². The number of ketones is 1. The fraction of sp³-hybridized carbons (Fsp3) is 0. The molecule has 0 aliphatic heterocycles. The van der Waals surface area contributed by atoms with Crippen LogP contribution >= 0.6 is 0 Å². The highest BCUT2D eigenvalue weighted by Crippen LogP contribution is 1.79. The van der Waals surface area contributed by atoms with E-state index in [1.807, 2.05) is 0 Å². The molecule has 0 unspecified atom stereocenters. The summed E-state index contributed by atoms with van der Waals surface area (Å²) in [5.74, 6) is -1.43. The van der Waals surface area contributed by atoms with Crippen LogP contribution in [-0.2, 0) is 4.79 Å². The van der Waals surface area contributed by atoms with Crippen molar-refractivity contribution in [3.63, 3.8) is 0 Å². The number of rotatable bonds is 2. The van der Waals surface area contributed by atoms with Crippen molar-refractivity contribution in [2.75, 3.05) is 0 Å². The number of hydrogen-bond donors (Lipinski definition) is 2. The zero-order chi connectivity index (χ0) is 6.57. The first-order valence-corrected chi connectivity index (χ1v) is 1.78. The Balaban J connectivity index is 3.85. The summed E-state index contributed by atoms with van der Waals surface area (Å²) in [6.07, 6.45) is 0.558. The van der Waals surface area contributed by atoms with E-state index in [4.69, 9.17) is 10.3 Å². The third kappa shape index (κ3) is 1.96. The zero-order valence-corrected chi connectivity index (χ0v) is 4.03. The van der Waals surface area contributed by atoms with Gasteiger partial charge in [0.25, 0.3) is 0 Å². The van der Waals surface area contributed by atoms with E-state index in [0.717, 1.165) is 0 Å². The SMILES string of the molecule is C=C(O)C(=O)C=NO. The van der Waals surface area contributed by atoms with E-state index in [-0.39, 0.29) is 0 Å². The van der Waals surface area contributed by atoms with Gasteiger partial charge in [0.1, 0.15) is 6.21 Å². The lowest BCUT2D eigenvalue weighted by molar-refractivity contribution is -0.111. The molecule has 0 bridgehead atoms. The maximum absolute atomic E-state index is 10.1. The normalized spacial score (nSPS) is 9.50. The van der Waals surface area contributed by atoms with E-state index in [2.05, 4.69) is 11.7 Å². The van der Waals surface area contributed by atoms with Crippen LogP contribution in [0.15, 0.2) is 17.5 Å². The maximum atomic E-state index is 10.1. The van der Waals surface area contributed by atoms with Crippen molar-refractivity contribution in [2.24, 2.45) is 5.16 Å². The molecule has 4 nitrogen and oxygen atoms in total. The number of oxime groups is 1. The van der Waals surface area contributed by atoms with Crippen LogP contribution in [-0.4, -0.2) is 22.3 Å². The summed E-state index contributed by atoms with van der Waals surface area (Å²) >= 11 is 0. The molecule has 0 rings (SSSR count). The molecule has 0 aromatic rings. The minimum absolute atomic E-state index is 0.558. The van der Waals surface area contributed by atoms with Gasteiger partial charge in [-0.15, -0.1) is 0 Å². The van der Waals surface area contributed by atoms with Crippen LogP contribution in [0.1, 0.15) is 0 Å². The minimum atomic E-state index is -0.799. The lowest BCUT2D eigenvalue weighted by Crippen LogP contribution is -2.00. The second-order valence-electron chi connectivity index (χ2n) is 1.06. The first-order chi connectivity index (χ1) is 3.68. The summed E-state index contributed by atoms with van der Waals surface area (Å²) < 4.78 is 0. The van der Waals surface area contributed by atoms with Crippen LogP contribution in [0.2, 0.25) is 0 Å². The molecular formula is C4H5NO3. The predicted molar refractivity (Wildman–Crippen MR) is 27.1 cm³/mol. The second-order valence-corrected chi connectivity index (χ2v) is 1.06. The fourth-order valence-electron chi connectivity index (χ4n) is 0.127. The standard InChI is InChI=1S/C4H5NO3/c1-3(6)4(7)2-5-8/h2,6,8H,1H2. The van der Waals surface area contributed by atoms with Gasteiger partial charge in [0.2, 0.25) is 5.78 Å². The molecule has 0 aliphatic carbocycles. The van der Waals surface area contributed by atoms with Gasteiger partial charge in [0.15, 0.2) is 5.76 Å². The van der Waals surface area contributed by atoms with Gasteiger partial charge >= 0.3 is 0 Å². The molecular weight excluding hydrogens is 110 g/mol. The van der Waals surface area contributed by atoms with Crippen molar-refractivity contribution >= 4 is 12.0 Å². The summed E-state index contributed by atoms with van der Waals surface area (Å²) in [6, 6.07) is 0. The van der Waals surface area contributed by atoms with Crippen LogP contribution in [0.25, 0.3) is 0 Å². The Morgan fingerprint density at radius 1 is 1.75 bits per heavy atom. The third-order valence-electron chi connectivity index (χ3n) is 0.459. The Morgan fingerprint density at radius 3 is 2.38 bits per heavy atom. The van der Waals surface area contributed by atoms with Gasteiger partial charge in [0.05, 0.1) is 0 Å². The van der Waals surface area contributed by atoms with Gasteiger partial charge < -0.3 is 10.3 Å². The predicted octanol–water partition coefficient (Wildman–Crippen LogP) is 0.0872. The van der Waals surface area contributed by atoms with Crippen molar-refractivity contribution < 1.29 is 15.1 Å². The summed E-state index contributed by atoms with van der Waals surface area (Å²) in [4.78, 5) is 10.1. The zero-order valence-electron chi connectivity index (χ0n) is 4.03. The first-order valence-electron chi connectivity index (χ1n) is 1.78. The van der Waals surface area contributed by atoms with Crippen LogP contribution in [0.5, 0.6) is 0 Å². The Morgan fingerprint density at radius 2 is 2.25 bits per heavy atom. The summed E-state index contributed by atoms with van der Waals surface area (Å²) in [5, 5.41) is 18.2. The van der Waals surface area contributed by atoms with Crippen molar-refractivity contribution in [3.8, 4) is 0 Å². The second kappa shape index (κ2) is 2.79. The number of hydrogen-bond acceptors (Lipinski definition) is 4. The quantitative estimate of drug-likeness (QED) is 0.176. The fourth-order valence-corrected chi connectivity index (χ4v) is 0.127. The van der Waals surface area contributed by atoms with Crippen LogP contribution in [0, 0.1) is 0 Å². The molecule has 0 atom stereocenters. The molecule has 0 saturated heterocycles. The summed E-state index contributed by atoms with van der Waals surface area (Å²) in [7, 11) is 0. The van der Waals surface area contributed by atoms with Gasteiger partial charge in [0, 0.05) is 0 Å². The lowest BCUT2D eigenvalue weighted by Gasteiger charge is -1.83. The molecule has 0 fully saturated rings. The highest BCUT2D eigenvalue weighted by Gasteiger charge is 1.97. The van der Waals surface area contributed by atoms with Crippen molar-refractivity contribution in [3.05, 3.63) is 12.3 Å². The highest BCUT2D eigenvalue weighted by atomic mass is 16.4. The lowest BCUT2D eigenvalue weighted by atomic mass is 10.4. The number of Topliss-reactive ketones (excluding diaryl/α,β-unsaturated/α-hetero) is 1. The maximum Gasteiger partial charge on any atom is 0.240 e. The van der Waals surface area contributed by atoms with E-state index in [1.54, 1.807) is 0 Å². The molecule has 0 saturated carbocycles. The van der Waals surface area contributed by atoms with Gasteiger partial charge in [-0.2, -0.15) is 0 Å². The first kappa shape index (κ1) is 6.68. The van der Waals surface area contributed by atoms with Gasteiger partial charge in [-0.25, -0.2) is 0 Å². The molecule has 0 aromatic heterocycles. The molecule has 0 aromatic carbocycles. The Labute approximate surface area is 45.7 Å². The van der Waals surface area contributed by atoms with Crippen molar-refractivity contribution in [1.82, 2.24) is 0 Å². The smallest absolute Gasteiger partial charge is 0.240 e. The molecule has 0 spiro atoms. The highest BCUT2D eigenvalue weighted by molar-refractivity contribution is 6.33. The van der Waals surface area contributed by atoms with Crippen LogP contribution in [0.3, 0.4) is 0 Å². The number of aliphatic hydroxyl groups is 1. The number of aliphatic hydroxyl groups excluding tert-OH is 1. The molecule has 0 heterocycles. The summed E-state index contributed by atoms with van der Waals surface area (Å²) in [5.41, 5.74) is 0. The van der Waals surface area contributed by atoms with Gasteiger partial charge in [-0.1, -0.05) is 11.7 Å². The molecule has 4 heteroatoms. The van der Waals surface area contributed by atoms with Crippen molar-refractivity contribution in [2.45, 2.75) is 0 Å². The third-order valence-corrected chi connectivity index (χ3v) is 0.459. The van der Waals surface area contributed by atoms with Crippen molar-refractivity contribution in [1.29, 1.82) is 0 Å². The van der Waals surface area contributed by atoms with E-state index < -0.39 is 11.5 Å². The molecule has 0 aliphatic rings. The number of carbonyl (C=O) groups is 1. The average Bonchev–Trinajstić information content (AvgIpc) is 1.67. The molecule has 2 N–H and O–H groups in total. The van der Waals surface area contributed by atoms with E-state index in [9.17, 15) is 4.79 Å². The summed E-state index contributed by atoms with van der Waals surface area (Å²) in [6.45, 7) is 2.88. The number of carbonyl (C=O) groups excluding carboxylic acids is 1. The van der Waals surface area contributed by atoms with Gasteiger partial charge in [-0.05, 0) is 0 Å². The largest absolute Gasteiger partial charge is 0.505 e. The minimum Gasteiger partial charge on any atom is -0.505 e. The Hall–Kier alpha value is -1.32. The molecule has 44 valence electrons. The van der Waals surface area contributed by atoms with Crippen LogP contribution < -0.4 is 0 Å². The van der Waals surface area contributed by atoms with E-state index in [0.29, 0.717) is 6.21 Å². The Bertz CT molecular complexity index is 138. The van der Waals surface area contributed by atoms with Crippen LogP contribution in [0.4, 0.5) is 0 Å².